The largest absolute Gasteiger partial charge is 0.324 e. The average molecular weight is 252 g/mol. The number of hydrogen-bond acceptors (Lipinski definition) is 4. The molecule has 0 amide bonds. The smallest absolute Gasteiger partial charge is 0.176 e. The Labute approximate surface area is 105 Å². The van der Waals surface area contributed by atoms with Gasteiger partial charge in [0, 0.05) is 17.5 Å². The van der Waals surface area contributed by atoms with E-state index in [-0.39, 0.29) is 6.04 Å². The van der Waals surface area contributed by atoms with Crippen molar-refractivity contribution in [3.63, 3.8) is 0 Å². The van der Waals surface area contributed by atoms with Gasteiger partial charge in [-0.2, -0.15) is 4.80 Å². The van der Waals surface area contributed by atoms with Gasteiger partial charge < -0.3 is 5.73 Å². The molecule has 0 saturated carbocycles. The van der Waals surface area contributed by atoms with Crippen molar-refractivity contribution >= 4 is 11.6 Å². The molecule has 0 aliphatic carbocycles. The lowest BCUT2D eigenvalue weighted by atomic mass is 10.0. The van der Waals surface area contributed by atoms with Crippen LogP contribution in [0.4, 0.5) is 0 Å². The predicted octanol–water partition coefficient (Wildman–Crippen LogP) is 1.41. The van der Waals surface area contributed by atoms with Gasteiger partial charge in [-0.1, -0.05) is 17.7 Å². The number of nitrogens with zero attached hydrogens (tertiary/aromatic N) is 4. The first-order valence-electron chi connectivity index (χ1n) is 5.30. The fraction of sp³-hybridized carbons (Fsp3) is 0.364. The van der Waals surface area contributed by atoms with Crippen molar-refractivity contribution in [1.29, 1.82) is 0 Å². The average Bonchev–Trinajstić information content (AvgIpc) is 2.62. The molecule has 1 aromatic heterocycles. The summed E-state index contributed by atoms with van der Waals surface area (Å²) >= 11 is 6.00. The molecule has 0 aliphatic heterocycles. The quantitative estimate of drug-likeness (QED) is 0.896. The minimum Gasteiger partial charge on any atom is -0.324 e. The molecule has 2 N–H and O–H groups in total. The molecule has 0 radical (unpaired) electrons. The van der Waals surface area contributed by atoms with Gasteiger partial charge in [-0.05, 0) is 35.4 Å². The first-order valence-corrected chi connectivity index (χ1v) is 5.68. The molecule has 0 saturated heterocycles. The second-order valence-electron chi connectivity index (χ2n) is 4.07. The number of tetrazole rings is 1. The Bertz CT molecular complexity index is 502. The van der Waals surface area contributed by atoms with Gasteiger partial charge in [-0.15, -0.1) is 10.2 Å². The summed E-state index contributed by atoms with van der Waals surface area (Å²) < 4.78 is 0. The van der Waals surface area contributed by atoms with Gasteiger partial charge in [0.1, 0.15) is 0 Å². The maximum absolute atomic E-state index is 6.10. The molecule has 5 nitrogen and oxygen atoms in total. The highest BCUT2D eigenvalue weighted by molar-refractivity contribution is 6.30. The highest BCUT2D eigenvalue weighted by Gasteiger charge is 2.11. The summed E-state index contributed by atoms with van der Waals surface area (Å²) in [7, 11) is 1.73. The van der Waals surface area contributed by atoms with Crippen molar-refractivity contribution in [2.75, 3.05) is 0 Å². The lowest BCUT2D eigenvalue weighted by Crippen LogP contribution is -2.14. The molecule has 0 aliphatic rings. The maximum Gasteiger partial charge on any atom is 0.176 e. The zero-order valence-electron chi connectivity index (χ0n) is 9.76. The summed E-state index contributed by atoms with van der Waals surface area (Å²) in [5, 5.41) is 12.5. The van der Waals surface area contributed by atoms with E-state index < -0.39 is 0 Å². The van der Waals surface area contributed by atoms with E-state index in [1.807, 2.05) is 25.1 Å². The monoisotopic (exact) mass is 251 g/mol. The van der Waals surface area contributed by atoms with Crippen molar-refractivity contribution in [1.82, 2.24) is 20.2 Å². The van der Waals surface area contributed by atoms with Crippen LogP contribution in [0.2, 0.25) is 5.02 Å². The molecule has 1 atom stereocenters. The fourth-order valence-corrected chi connectivity index (χ4v) is 2.00. The first-order chi connectivity index (χ1) is 8.04. The van der Waals surface area contributed by atoms with Crippen molar-refractivity contribution in [3.05, 3.63) is 40.2 Å². The Kier molecular flexibility index (Phi) is 3.40. The van der Waals surface area contributed by atoms with Crippen molar-refractivity contribution in [3.8, 4) is 0 Å². The molecule has 1 aromatic carbocycles. The van der Waals surface area contributed by atoms with E-state index in [2.05, 4.69) is 15.4 Å². The number of aryl methyl sites for hydroxylation is 2. The molecular weight excluding hydrogens is 238 g/mol. The first kappa shape index (κ1) is 12.0. The lowest BCUT2D eigenvalue weighted by molar-refractivity contribution is 0.622. The standard InChI is InChI=1S/C11H14ClN5/c1-7-3-8(5-9(12)4-7)10(13)6-11-14-16-17(2)15-11/h3-5,10H,6,13H2,1-2H3. The summed E-state index contributed by atoms with van der Waals surface area (Å²) in [5.41, 5.74) is 8.18. The van der Waals surface area contributed by atoms with Gasteiger partial charge in [0.25, 0.3) is 0 Å². The van der Waals surface area contributed by atoms with Crippen LogP contribution in [0.5, 0.6) is 0 Å². The van der Waals surface area contributed by atoms with Gasteiger partial charge in [0.2, 0.25) is 0 Å². The number of nitrogens with two attached hydrogens (primary N) is 1. The van der Waals surface area contributed by atoms with E-state index in [0.29, 0.717) is 17.3 Å². The van der Waals surface area contributed by atoms with Gasteiger partial charge in [0.15, 0.2) is 5.82 Å². The lowest BCUT2D eigenvalue weighted by Gasteiger charge is -2.11. The van der Waals surface area contributed by atoms with Crippen LogP contribution in [0.15, 0.2) is 18.2 Å². The Morgan fingerprint density at radius 3 is 2.76 bits per heavy atom. The molecule has 0 fully saturated rings. The zero-order valence-corrected chi connectivity index (χ0v) is 10.5. The van der Waals surface area contributed by atoms with Crippen LogP contribution in [-0.2, 0) is 13.5 Å². The van der Waals surface area contributed by atoms with E-state index in [0.717, 1.165) is 11.1 Å². The summed E-state index contributed by atoms with van der Waals surface area (Å²) in [6.45, 7) is 1.99. The zero-order chi connectivity index (χ0) is 12.4. The van der Waals surface area contributed by atoms with E-state index >= 15 is 0 Å². The van der Waals surface area contributed by atoms with Crippen LogP contribution in [0, 0.1) is 6.92 Å². The maximum atomic E-state index is 6.10. The minimum atomic E-state index is -0.170. The molecule has 90 valence electrons. The van der Waals surface area contributed by atoms with Crippen molar-refractivity contribution in [2.45, 2.75) is 19.4 Å². The second-order valence-corrected chi connectivity index (χ2v) is 4.50. The SMILES string of the molecule is Cc1cc(Cl)cc(C(N)Cc2nnn(C)n2)c1. The van der Waals surface area contributed by atoms with Crippen LogP contribution >= 0.6 is 11.6 Å². The Balaban J connectivity index is 2.16. The molecule has 6 heteroatoms. The highest BCUT2D eigenvalue weighted by atomic mass is 35.5. The van der Waals surface area contributed by atoms with Gasteiger partial charge >= 0.3 is 0 Å². The Morgan fingerprint density at radius 1 is 1.41 bits per heavy atom. The molecule has 2 aromatic rings. The van der Waals surface area contributed by atoms with E-state index in [1.165, 1.54) is 4.80 Å². The van der Waals surface area contributed by atoms with Crippen molar-refractivity contribution in [2.24, 2.45) is 12.8 Å². The number of benzene rings is 1. The van der Waals surface area contributed by atoms with E-state index in [4.69, 9.17) is 17.3 Å². The summed E-state index contributed by atoms with van der Waals surface area (Å²) in [6.07, 6.45) is 0.549. The second kappa shape index (κ2) is 4.81. The summed E-state index contributed by atoms with van der Waals surface area (Å²) in [4.78, 5) is 1.42. The topological polar surface area (TPSA) is 69.6 Å². The van der Waals surface area contributed by atoms with Crippen LogP contribution in [0.25, 0.3) is 0 Å². The van der Waals surface area contributed by atoms with Crippen molar-refractivity contribution < 1.29 is 0 Å². The molecule has 2 rings (SSSR count). The molecule has 0 spiro atoms. The summed E-state index contributed by atoms with van der Waals surface area (Å²) in [6, 6.07) is 5.62. The van der Waals surface area contributed by atoms with Crippen LogP contribution < -0.4 is 5.73 Å². The van der Waals surface area contributed by atoms with Gasteiger partial charge in [-0.25, -0.2) is 0 Å². The minimum absolute atomic E-state index is 0.170. The third kappa shape index (κ3) is 3.01. The fourth-order valence-electron chi connectivity index (χ4n) is 1.70. The van der Waals surface area contributed by atoms with E-state index in [1.54, 1.807) is 7.05 Å². The van der Waals surface area contributed by atoms with E-state index in [9.17, 15) is 0 Å². The third-order valence-corrected chi connectivity index (χ3v) is 2.66. The Hall–Kier alpha value is -1.46. The number of rotatable bonds is 3. The molecule has 1 unspecified atom stereocenters. The van der Waals surface area contributed by atoms with Crippen LogP contribution in [-0.4, -0.2) is 20.2 Å². The number of halogens is 1. The van der Waals surface area contributed by atoms with Crippen LogP contribution in [0.3, 0.4) is 0 Å². The van der Waals surface area contributed by atoms with Gasteiger partial charge in [-0.3, -0.25) is 0 Å². The van der Waals surface area contributed by atoms with Gasteiger partial charge in [0.05, 0.1) is 7.05 Å². The molecular formula is C11H14ClN5. The molecule has 0 bridgehead atoms. The number of aromatic nitrogens is 4. The molecule has 17 heavy (non-hydrogen) atoms. The predicted molar refractivity (Wildman–Crippen MR) is 65.6 cm³/mol. The Morgan fingerprint density at radius 2 is 2.18 bits per heavy atom. The normalized spacial score (nSPS) is 12.7. The highest BCUT2D eigenvalue weighted by Crippen LogP contribution is 2.20. The third-order valence-electron chi connectivity index (χ3n) is 2.44. The molecule has 1 heterocycles. The summed E-state index contributed by atoms with van der Waals surface area (Å²) in [5.74, 6) is 0.637. The van der Waals surface area contributed by atoms with Crippen LogP contribution in [0.1, 0.15) is 23.0 Å². The number of hydrogen-bond donors (Lipinski definition) is 1.